The average molecular weight is 95.2 g/mol. The molecule has 0 heterocycles. The van der Waals surface area contributed by atoms with E-state index < -0.39 is 0 Å². The number of hydrogen-bond acceptors (Lipinski definition) is 0. The van der Waals surface area contributed by atoms with Crippen LogP contribution in [0.25, 0.3) is 0 Å². The molecule has 0 nitrogen and oxygen atoms in total. The molecule has 0 saturated heterocycles. The van der Waals surface area contributed by atoms with Gasteiger partial charge < -0.3 is 0 Å². The summed E-state index contributed by atoms with van der Waals surface area (Å²) in [6.45, 7) is 8.75. The molecule has 0 N–H and O–H groups in total. The molecule has 0 aliphatic carbocycles. The van der Waals surface area contributed by atoms with Crippen molar-refractivity contribution in [3.05, 3.63) is 26.0 Å². The van der Waals surface area contributed by atoms with Gasteiger partial charge in [0.2, 0.25) is 0 Å². The highest BCUT2D eigenvalue weighted by atomic mass is 13.8. The number of allylic oxidation sites excluding steroid dienone is 2. The third-order valence-electron chi connectivity index (χ3n) is 0.742. The van der Waals surface area contributed by atoms with Crippen LogP contribution in [0.3, 0.4) is 0 Å². The van der Waals surface area contributed by atoms with E-state index in [1.807, 2.05) is 6.08 Å². The Hall–Kier alpha value is -0.260. The highest BCUT2D eigenvalue weighted by Gasteiger charge is 1.73. The normalized spacial score (nSPS) is 10.6. The summed E-state index contributed by atoms with van der Waals surface area (Å²) < 4.78 is 0. The lowest BCUT2D eigenvalue weighted by Crippen LogP contribution is -1.64. The van der Waals surface area contributed by atoms with E-state index in [0.29, 0.717) is 0 Å². The van der Waals surface area contributed by atoms with E-state index in [2.05, 4.69) is 6.92 Å². The average Bonchev–Trinajstić information content (AvgIpc) is 1.69. The van der Waals surface area contributed by atoms with Gasteiger partial charge in [0.25, 0.3) is 0 Å². The first-order valence-corrected chi connectivity index (χ1v) is 2.56. The molecule has 0 aromatic rings. The summed E-state index contributed by atoms with van der Waals surface area (Å²) in [6.07, 6.45) is 6.75. The minimum absolute atomic E-state index is 0.782. The predicted molar refractivity (Wildman–Crippen MR) is 32.6 cm³/mol. The van der Waals surface area contributed by atoms with Crippen molar-refractivity contribution in [2.24, 2.45) is 0 Å². The molecule has 0 aliphatic heterocycles. The summed E-state index contributed by atoms with van der Waals surface area (Å²) in [5.74, 6) is 0. The smallest absolute Gasteiger partial charge is 0.0316 e. The Morgan fingerprint density at radius 3 is 2.71 bits per heavy atom. The quantitative estimate of drug-likeness (QED) is 0.472. The first-order valence-electron chi connectivity index (χ1n) is 2.56. The van der Waals surface area contributed by atoms with Gasteiger partial charge in [-0.2, -0.15) is 0 Å². The van der Waals surface area contributed by atoms with Crippen LogP contribution in [0, 0.1) is 13.8 Å². The van der Waals surface area contributed by atoms with Gasteiger partial charge in [-0.05, 0) is 33.1 Å². The third-order valence-corrected chi connectivity index (χ3v) is 0.742. The van der Waals surface area contributed by atoms with Gasteiger partial charge in [0.05, 0.1) is 0 Å². The minimum Gasteiger partial charge on any atom is -0.0885 e. The second kappa shape index (κ2) is 5.74. The zero-order valence-corrected chi connectivity index (χ0v) is 4.56. The lowest BCUT2D eigenvalue weighted by molar-refractivity contribution is 0.866. The molecule has 0 bridgehead atoms. The maximum Gasteiger partial charge on any atom is -0.0316 e. The van der Waals surface area contributed by atoms with Gasteiger partial charge in [-0.25, -0.2) is 0 Å². The van der Waals surface area contributed by atoms with Crippen molar-refractivity contribution in [2.45, 2.75) is 19.3 Å². The fraction of sp³-hybridized carbons (Fsp3) is 0.429. The van der Waals surface area contributed by atoms with Crippen molar-refractivity contribution < 1.29 is 0 Å². The summed E-state index contributed by atoms with van der Waals surface area (Å²) in [5, 5.41) is 0. The molecule has 0 amide bonds. The van der Waals surface area contributed by atoms with Crippen molar-refractivity contribution in [3.8, 4) is 0 Å². The van der Waals surface area contributed by atoms with Gasteiger partial charge in [-0.1, -0.05) is 12.2 Å². The van der Waals surface area contributed by atoms with Gasteiger partial charge in [-0.15, -0.1) is 0 Å². The van der Waals surface area contributed by atoms with Crippen LogP contribution in [0.4, 0.5) is 0 Å². The fourth-order valence-corrected chi connectivity index (χ4v) is 0.354. The van der Waals surface area contributed by atoms with Crippen LogP contribution in [-0.2, 0) is 0 Å². The molecule has 0 aliphatic rings. The Kier molecular flexibility index (Phi) is 5.53. The molecular weight excluding hydrogens is 84.1 g/mol. The van der Waals surface area contributed by atoms with Crippen LogP contribution in [0.15, 0.2) is 12.2 Å². The number of hydrogen-bond donors (Lipinski definition) is 0. The first-order chi connectivity index (χ1) is 3.41. The van der Waals surface area contributed by atoms with E-state index in [0.717, 1.165) is 19.3 Å². The molecule has 0 aromatic heterocycles. The van der Waals surface area contributed by atoms with Crippen molar-refractivity contribution in [1.82, 2.24) is 0 Å². The Labute approximate surface area is 46.2 Å². The summed E-state index contributed by atoms with van der Waals surface area (Å²) >= 11 is 0. The zero-order valence-electron chi connectivity index (χ0n) is 4.56. The predicted octanol–water partition coefficient (Wildman–Crippen LogP) is 2.26. The molecule has 0 unspecified atom stereocenters. The van der Waals surface area contributed by atoms with Crippen molar-refractivity contribution in [1.29, 1.82) is 0 Å². The SMILES string of the molecule is [CH]CCCC=C[CH2]. The molecule has 7 heavy (non-hydrogen) atoms. The standard InChI is InChI=1S/C7H11/c1-3-5-7-6-4-2/h1,4,6H,2-3,5,7H2. The molecule has 0 saturated carbocycles. The van der Waals surface area contributed by atoms with Gasteiger partial charge in [0.15, 0.2) is 0 Å². The molecule has 3 radical (unpaired) electrons. The Bertz CT molecular complexity index is 44.0. The summed E-state index contributed by atoms with van der Waals surface area (Å²) in [6, 6.07) is 0. The van der Waals surface area contributed by atoms with E-state index in [1.54, 1.807) is 6.08 Å². The Morgan fingerprint density at radius 1 is 1.57 bits per heavy atom. The van der Waals surface area contributed by atoms with Gasteiger partial charge >= 0.3 is 0 Å². The Balaban J connectivity index is 2.69. The molecule has 39 valence electrons. The maximum absolute atomic E-state index is 5.21. The van der Waals surface area contributed by atoms with Crippen molar-refractivity contribution in [2.75, 3.05) is 0 Å². The van der Waals surface area contributed by atoms with E-state index in [-0.39, 0.29) is 0 Å². The van der Waals surface area contributed by atoms with Crippen molar-refractivity contribution in [3.63, 3.8) is 0 Å². The monoisotopic (exact) mass is 95.1 g/mol. The number of unbranched alkanes of at least 4 members (excludes halogenated alkanes) is 2. The van der Waals surface area contributed by atoms with Gasteiger partial charge in [0.1, 0.15) is 0 Å². The maximum atomic E-state index is 5.21. The molecule has 0 fully saturated rings. The molecule has 0 aromatic carbocycles. The largest absolute Gasteiger partial charge is 0.0885 e. The van der Waals surface area contributed by atoms with Crippen LogP contribution in [-0.4, -0.2) is 0 Å². The summed E-state index contributed by atoms with van der Waals surface area (Å²) in [5.41, 5.74) is 0. The van der Waals surface area contributed by atoms with Crippen LogP contribution in [0.2, 0.25) is 0 Å². The van der Waals surface area contributed by atoms with Crippen LogP contribution < -0.4 is 0 Å². The highest BCUT2D eigenvalue weighted by molar-refractivity contribution is 4.83. The lowest BCUT2D eigenvalue weighted by atomic mass is 10.2. The van der Waals surface area contributed by atoms with Crippen LogP contribution in [0.5, 0.6) is 0 Å². The first kappa shape index (κ1) is 6.74. The van der Waals surface area contributed by atoms with E-state index >= 15 is 0 Å². The molecule has 0 heteroatoms. The third kappa shape index (κ3) is 5.74. The molecular formula is C7H11. The van der Waals surface area contributed by atoms with E-state index in [4.69, 9.17) is 6.92 Å². The van der Waals surface area contributed by atoms with E-state index in [1.165, 1.54) is 0 Å². The summed E-state index contributed by atoms with van der Waals surface area (Å²) in [7, 11) is 0. The summed E-state index contributed by atoms with van der Waals surface area (Å²) in [4.78, 5) is 0. The van der Waals surface area contributed by atoms with Gasteiger partial charge in [-0.3, -0.25) is 0 Å². The topological polar surface area (TPSA) is 0 Å². The van der Waals surface area contributed by atoms with Crippen molar-refractivity contribution >= 4 is 0 Å². The molecule has 0 spiro atoms. The van der Waals surface area contributed by atoms with E-state index in [9.17, 15) is 0 Å². The minimum atomic E-state index is 0.782. The van der Waals surface area contributed by atoms with Crippen LogP contribution in [0.1, 0.15) is 19.3 Å². The molecule has 0 atom stereocenters. The van der Waals surface area contributed by atoms with Crippen LogP contribution >= 0.6 is 0 Å². The Morgan fingerprint density at radius 2 is 2.29 bits per heavy atom. The zero-order chi connectivity index (χ0) is 5.54. The number of rotatable bonds is 3. The lowest BCUT2D eigenvalue weighted by Gasteiger charge is -1.83. The second-order valence-electron chi connectivity index (χ2n) is 1.40. The fourth-order valence-electron chi connectivity index (χ4n) is 0.354. The highest BCUT2D eigenvalue weighted by Crippen LogP contribution is 1.92. The molecule has 0 rings (SSSR count). The second-order valence-corrected chi connectivity index (χ2v) is 1.40. The van der Waals surface area contributed by atoms with Gasteiger partial charge in [0, 0.05) is 0 Å².